The number of cyclic esters (lactones) is 1. The molecule has 0 fully saturated rings. The van der Waals surface area contributed by atoms with Crippen molar-refractivity contribution in [1.29, 1.82) is 0 Å². The first-order chi connectivity index (χ1) is 7.57. The minimum atomic E-state index is -1.23. The van der Waals surface area contributed by atoms with Gasteiger partial charge in [-0.05, 0) is 13.3 Å². The monoisotopic (exact) mass is 228 g/mol. The van der Waals surface area contributed by atoms with Gasteiger partial charge in [-0.25, -0.2) is 9.59 Å². The molecule has 0 aromatic heterocycles. The molecule has 0 bridgehead atoms. The van der Waals surface area contributed by atoms with Crippen LogP contribution in [0.5, 0.6) is 0 Å². The van der Waals surface area contributed by atoms with Crippen LogP contribution in [-0.4, -0.2) is 31.3 Å². The number of rotatable bonds is 4. The Morgan fingerprint density at radius 1 is 1.56 bits per heavy atom. The summed E-state index contributed by atoms with van der Waals surface area (Å²) in [5, 5.41) is 0. The molecule has 1 aliphatic rings. The summed E-state index contributed by atoms with van der Waals surface area (Å²) in [7, 11) is 1.27. The molecule has 1 aliphatic heterocycles. The van der Waals surface area contributed by atoms with E-state index in [1.807, 2.05) is 6.92 Å². The molecular weight excluding hydrogens is 212 g/mol. The van der Waals surface area contributed by atoms with Crippen LogP contribution in [-0.2, 0) is 23.8 Å². The molecule has 0 aromatic rings. The second-order valence-corrected chi connectivity index (χ2v) is 3.48. The third-order valence-corrected chi connectivity index (χ3v) is 2.49. The van der Waals surface area contributed by atoms with Gasteiger partial charge in [0.2, 0.25) is 5.60 Å². The van der Waals surface area contributed by atoms with Gasteiger partial charge in [0.05, 0.1) is 26.2 Å². The molecule has 0 aromatic carbocycles. The summed E-state index contributed by atoms with van der Waals surface area (Å²) in [6.07, 6.45) is 1.85. The van der Waals surface area contributed by atoms with E-state index in [4.69, 9.17) is 9.47 Å². The van der Waals surface area contributed by atoms with E-state index in [0.717, 1.165) is 0 Å². The number of carbonyl (C=O) groups excluding carboxylic acids is 2. The summed E-state index contributed by atoms with van der Waals surface area (Å²) in [5.41, 5.74) is -1.23. The maximum atomic E-state index is 11.6. The first-order valence-corrected chi connectivity index (χ1v) is 5.22. The van der Waals surface area contributed by atoms with Crippen molar-refractivity contribution in [2.75, 3.05) is 13.7 Å². The molecule has 5 heteroatoms. The highest BCUT2D eigenvalue weighted by Crippen LogP contribution is 2.31. The van der Waals surface area contributed by atoms with Gasteiger partial charge in [0, 0.05) is 0 Å². The predicted octanol–water partition coefficient (Wildman–Crippen LogP) is 1.18. The predicted molar refractivity (Wildman–Crippen MR) is 55.5 cm³/mol. The van der Waals surface area contributed by atoms with Gasteiger partial charge < -0.3 is 14.2 Å². The molecule has 0 saturated carbocycles. The minimum Gasteiger partial charge on any atom is -0.498 e. The molecule has 0 unspecified atom stereocenters. The van der Waals surface area contributed by atoms with E-state index in [1.165, 1.54) is 13.2 Å². The van der Waals surface area contributed by atoms with Gasteiger partial charge >= 0.3 is 11.9 Å². The van der Waals surface area contributed by atoms with Gasteiger partial charge in [-0.1, -0.05) is 6.92 Å². The van der Waals surface area contributed by atoms with Crippen molar-refractivity contribution in [1.82, 2.24) is 0 Å². The lowest BCUT2D eigenvalue weighted by Gasteiger charge is -2.32. The van der Waals surface area contributed by atoms with Crippen LogP contribution in [0.2, 0.25) is 0 Å². The zero-order chi connectivity index (χ0) is 12.2. The number of hydrogen-bond acceptors (Lipinski definition) is 5. The van der Waals surface area contributed by atoms with E-state index in [0.29, 0.717) is 18.8 Å². The van der Waals surface area contributed by atoms with Crippen LogP contribution >= 0.6 is 0 Å². The summed E-state index contributed by atoms with van der Waals surface area (Å²) in [6, 6.07) is 0. The average molecular weight is 228 g/mol. The Labute approximate surface area is 94.4 Å². The van der Waals surface area contributed by atoms with E-state index >= 15 is 0 Å². The van der Waals surface area contributed by atoms with Crippen LogP contribution in [0.4, 0.5) is 0 Å². The zero-order valence-electron chi connectivity index (χ0n) is 9.74. The highest BCUT2D eigenvalue weighted by atomic mass is 16.6. The van der Waals surface area contributed by atoms with Crippen molar-refractivity contribution in [3.63, 3.8) is 0 Å². The number of ether oxygens (including phenoxy) is 3. The number of carbonyl (C=O) groups is 2. The Balaban J connectivity index is 2.94. The van der Waals surface area contributed by atoms with E-state index in [2.05, 4.69) is 4.74 Å². The first-order valence-electron chi connectivity index (χ1n) is 5.22. The zero-order valence-corrected chi connectivity index (χ0v) is 9.74. The molecule has 90 valence electrons. The smallest absolute Gasteiger partial charge is 0.350 e. The van der Waals surface area contributed by atoms with Crippen molar-refractivity contribution in [2.45, 2.75) is 32.3 Å². The summed E-state index contributed by atoms with van der Waals surface area (Å²) in [6.45, 7) is 4.02. The lowest BCUT2D eigenvalue weighted by atomic mass is 9.93. The fourth-order valence-electron chi connectivity index (χ4n) is 1.64. The van der Waals surface area contributed by atoms with Crippen LogP contribution in [0, 0.1) is 0 Å². The Hall–Kier alpha value is -1.52. The van der Waals surface area contributed by atoms with Crippen molar-refractivity contribution < 1.29 is 23.8 Å². The van der Waals surface area contributed by atoms with Gasteiger partial charge in [0.1, 0.15) is 5.76 Å². The molecular formula is C11H16O5. The second kappa shape index (κ2) is 5.01. The van der Waals surface area contributed by atoms with E-state index in [1.54, 1.807) is 6.92 Å². The van der Waals surface area contributed by atoms with Gasteiger partial charge in [-0.15, -0.1) is 0 Å². The molecule has 1 rings (SSSR count). The van der Waals surface area contributed by atoms with Gasteiger partial charge in [0.25, 0.3) is 0 Å². The summed E-state index contributed by atoms with van der Waals surface area (Å²) in [4.78, 5) is 23.0. The fraction of sp³-hybridized carbons (Fsp3) is 0.636. The standard InChI is InChI=1S/C11H16O5/c1-4-11(10(13)14-3)7-8(15-5-2)6-9(12)16-11/h6H,4-5,7H2,1-3H3/t11-/m0/s1. The quantitative estimate of drug-likeness (QED) is 0.676. The maximum absolute atomic E-state index is 11.6. The summed E-state index contributed by atoms with van der Waals surface area (Å²) >= 11 is 0. The molecule has 0 aliphatic carbocycles. The molecule has 0 amide bonds. The maximum Gasteiger partial charge on any atom is 0.350 e. The molecule has 0 radical (unpaired) electrons. The second-order valence-electron chi connectivity index (χ2n) is 3.48. The summed E-state index contributed by atoms with van der Waals surface area (Å²) in [5.74, 6) is -0.651. The number of methoxy groups -OCH3 is 1. The molecule has 16 heavy (non-hydrogen) atoms. The van der Waals surface area contributed by atoms with Crippen LogP contribution in [0.15, 0.2) is 11.8 Å². The first kappa shape index (κ1) is 12.5. The van der Waals surface area contributed by atoms with Crippen molar-refractivity contribution in [3.8, 4) is 0 Å². The van der Waals surface area contributed by atoms with E-state index < -0.39 is 17.5 Å². The normalized spacial score (nSPS) is 24.4. The van der Waals surface area contributed by atoms with Gasteiger partial charge in [-0.2, -0.15) is 0 Å². The molecule has 0 N–H and O–H groups in total. The lowest BCUT2D eigenvalue weighted by Crippen LogP contribution is -2.46. The van der Waals surface area contributed by atoms with Gasteiger partial charge in [0.15, 0.2) is 0 Å². The van der Waals surface area contributed by atoms with Crippen molar-refractivity contribution in [3.05, 3.63) is 11.8 Å². The van der Waals surface area contributed by atoms with Crippen molar-refractivity contribution >= 4 is 11.9 Å². The molecule has 1 atom stereocenters. The number of hydrogen-bond donors (Lipinski definition) is 0. The fourth-order valence-corrected chi connectivity index (χ4v) is 1.64. The SMILES string of the molecule is CCOC1=CC(=O)O[C@](CC)(C(=O)OC)C1. The highest BCUT2D eigenvalue weighted by molar-refractivity contribution is 5.90. The Kier molecular flexibility index (Phi) is 3.93. The summed E-state index contributed by atoms with van der Waals surface area (Å²) < 4.78 is 15.0. The Morgan fingerprint density at radius 3 is 2.75 bits per heavy atom. The Morgan fingerprint density at radius 2 is 2.25 bits per heavy atom. The third-order valence-electron chi connectivity index (χ3n) is 2.49. The topological polar surface area (TPSA) is 61.8 Å². The van der Waals surface area contributed by atoms with Crippen LogP contribution < -0.4 is 0 Å². The van der Waals surface area contributed by atoms with Crippen LogP contribution in [0.25, 0.3) is 0 Å². The lowest BCUT2D eigenvalue weighted by molar-refractivity contribution is -0.181. The molecule has 5 nitrogen and oxygen atoms in total. The van der Waals surface area contributed by atoms with Crippen molar-refractivity contribution in [2.24, 2.45) is 0 Å². The third kappa shape index (κ3) is 2.35. The van der Waals surface area contributed by atoms with E-state index in [9.17, 15) is 9.59 Å². The largest absolute Gasteiger partial charge is 0.498 e. The van der Waals surface area contributed by atoms with Gasteiger partial charge in [-0.3, -0.25) is 0 Å². The Bertz CT molecular complexity index is 320. The highest BCUT2D eigenvalue weighted by Gasteiger charge is 2.45. The van der Waals surface area contributed by atoms with E-state index in [-0.39, 0.29) is 6.42 Å². The molecule has 0 saturated heterocycles. The van der Waals surface area contributed by atoms with Crippen LogP contribution in [0.1, 0.15) is 26.7 Å². The number of esters is 2. The average Bonchev–Trinajstić information content (AvgIpc) is 2.27. The molecule has 0 spiro atoms. The minimum absolute atomic E-state index is 0.232. The van der Waals surface area contributed by atoms with Crippen LogP contribution in [0.3, 0.4) is 0 Å². The molecule has 1 heterocycles.